The van der Waals surface area contributed by atoms with Gasteiger partial charge < -0.3 is 25.2 Å². The minimum absolute atomic E-state index is 0.121. The largest absolute Gasteiger partial charge is 0.374 e. The minimum Gasteiger partial charge on any atom is -0.374 e. The monoisotopic (exact) mass is 531 g/mol. The highest BCUT2D eigenvalue weighted by molar-refractivity contribution is 7.99. The lowest BCUT2D eigenvalue weighted by Crippen LogP contribution is -2.47. The highest BCUT2D eigenvalue weighted by atomic mass is 32.2. The van der Waals surface area contributed by atoms with Crippen LogP contribution < -0.4 is 20.4 Å². The highest BCUT2D eigenvalue weighted by Gasteiger charge is 2.21. The summed E-state index contributed by atoms with van der Waals surface area (Å²) < 4.78 is 7.63. The molecule has 1 aromatic carbocycles. The standard InChI is InChI=1S/C25H29N11OS/c1-2-4-21(5-3-1)38-22-14-27-24(28-15-22)34-7-9-35(10-8-34)25-30-18-29-23(33-25)32-19-12-31-36(16-19)17-20-13-26-6-11-37-20/h1-5,12,14-16,18,20,26H,6-11,13,17H2,(H,29,30,32,33). The predicted molar refractivity (Wildman–Crippen MR) is 145 cm³/mol. The molecule has 2 fully saturated rings. The topological polar surface area (TPSA) is 122 Å². The van der Waals surface area contributed by atoms with Crippen LogP contribution >= 0.6 is 11.8 Å². The average molecular weight is 532 g/mol. The molecule has 1 unspecified atom stereocenters. The molecule has 0 spiro atoms. The first-order chi connectivity index (χ1) is 18.8. The van der Waals surface area contributed by atoms with Crippen LogP contribution in [0.15, 0.2) is 71.2 Å². The van der Waals surface area contributed by atoms with Crippen LogP contribution in [-0.4, -0.2) is 86.7 Å². The van der Waals surface area contributed by atoms with E-state index < -0.39 is 0 Å². The van der Waals surface area contributed by atoms with Crippen molar-refractivity contribution in [3.8, 4) is 0 Å². The predicted octanol–water partition coefficient (Wildman–Crippen LogP) is 2.07. The SMILES string of the molecule is c1ccc(Sc2cnc(N3CCN(c4ncnc(Nc5cnn(CC6CNCCO6)c5)n4)CC3)nc2)cc1. The molecule has 0 bridgehead atoms. The summed E-state index contributed by atoms with van der Waals surface area (Å²) in [5.41, 5.74) is 0.821. The molecule has 13 heteroatoms. The van der Waals surface area contributed by atoms with E-state index in [2.05, 4.69) is 62.6 Å². The van der Waals surface area contributed by atoms with Crippen molar-refractivity contribution in [3.05, 3.63) is 61.4 Å². The summed E-state index contributed by atoms with van der Waals surface area (Å²) in [6.45, 7) is 6.24. The fourth-order valence-corrected chi connectivity index (χ4v) is 5.14. The molecule has 3 aromatic heterocycles. The summed E-state index contributed by atoms with van der Waals surface area (Å²) in [5, 5.41) is 11.0. The zero-order chi connectivity index (χ0) is 25.6. The number of morpholine rings is 1. The Kier molecular flexibility index (Phi) is 7.56. The minimum atomic E-state index is 0.121. The van der Waals surface area contributed by atoms with Crippen molar-refractivity contribution in [2.24, 2.45) is 0 Å². The van der Waals surface area contributed by atoms with Crippen molar-refractivity contribution in [1.82, 2.24) is 40.0 Å². The summed E-state index contributed by atoms with van der Waals surface area (Å²) >= 11 is 1.66. The molecule has 1 atom stereocenters. The van der Waals surface area contributed by atoms with Crippen LogP contribution in [0.3, 0.4) is 0 Å². The number of nitrogens with zero attached hydrogens (tertiary/aromatic N) is 9. The van der Waals surface area contributed by atoms with Crippen LogP contribution in [-0.2, 0) is 11.3 Å². The van der Waals surface area contributed by atoms with Crippen LogP contribution in [0, 0.1) is 0 Å². The summed E-state index contributed by atoms with van der Waals surface area (Å²) in [4.78, 5) is 29.1. The normalized spacial score (nSPS) is 17.9. The Morgan fingerprint density at radius 1 is 0.921 bits per heavy atom. The number of hydrogen-bond acceptors (Lipinski definition) is 12. The molecule has 2 aliphatic heterocycles. The molecule has 5 heterocycles. The molecule has 38 heavy (non-hydrogen) atoms. The lowest BCUT2D eigenvalue weighted by atomic mass is 10.3. The molecule has 2 N–H and O–H groups in total. The molecule has 2 saturated heterocycles. The van der Waals surface area contributed by atoms with E-state index in [0.29, 0.717) is 18.4 Å². The maximum absolute atomic E-state index is 5.76. The fourth-order valence-electron chi connectivity index (χ4n) is 4.36. The number of rotatable bonds is 8. The van der Waals surface area contributed by atoms with Crippen molar-refractivity contribution in [2.45, 2.75) is 22.4 Å². The number of piperazine rings is 1. The Bertz CT molecular complexity index is 1310. The van der Waals surface area contributed by atoms with Crippen LogP contribution in [0.1, 0.15) is 0 Å². The van der Waals surface area contributed by atoms with Crippen LogP contribution in [0.25, 0.3) is 0 Å². The van der Waals surface area contributed by atoms with Gasteiger partial charge in [-0.2, -0.15) is 10.1 Å². The lowest BCUT2D eigenvalue weighted by Gasteiger charge is -2.34. The number of nitrogens with one attached hydrogen (secondary N) is 2. The van der Waals surface area contributed by atoms with E-state index in [-0.39, 0.29) is 6.10 Å². The molecule has 4 aromatic rings. The molecule has 12 nitrogen and oxygen atoms in total. The van der Waals surface area contributed by atoms with E-state index in [1.165, 1.54) is 11.2 Å². The van der Waals surface area contributed by atoms with E-state index in [4.69, 9.17) is 4.74 Å². The smallest absolute Gasteiger partial charge is 0.232 e. The van der Waals surface area contributed by atoms with E-state index in [9.17, 15) is 0 Å². The van der Waals surface area contributed by atoms with Gasteiger partial charge in [0, 0.05) is 67.7 Å². The molecular formula is C25H29N11OS. The number of benzene rings is 1. The lowest BCUT2D eigenvalue weighted by molar-refractivity contribution is 0.0161. The second kappa shape index (κ2) is 11.7. The molecular weight excluding hydrogens is 502 g/mol. The first-order valence-corrected chi connectivity index (χ1v) is 13.5. The third-order valence-corrected chi connectivity index (χ3v) is 7.24. The van der Waals surface area contributed by atoms with Gasteiger partial charge in [-0.25, -0.2) is 19.9 Å². The van der Waals surface area contributed by atoms with Gasteiger partial charge in [0.1, 0.15) is 6.33 Å². The van der Waals surface area contributed by atoms with Gasteiger partial charge in [0.15, 0.2) is 0 Å². The summed E-state index contributed by atoms with van der Waals surface area (Å²) in [6, 6.07) is 10.2. The first kappa shape index (κ1) is 24.5. The molecule has 0 amide bonds. The van der Waals surface area contributed by atoms with Gasteiger partial charge in [-0.3, -0.25) is 4.68 Å². The Hall–Kier alpha value is -3.81. The average Bonchev–Trinajstić information content (AvgIpc) is 3.41. The summed E-state index contributed by atoms with van der Waals surface area (Å²) in [6.07, 6.45) is 9.13. The maximum atomic E-state index is 5.76. The van der Waals surface area contributed by atoms with Crippen molar-refractivity contribution >= 4 is 35.3 Å². The zero-order valence-corrected chi connectivity index (χ0v) is 21.7. The molecule has 6 rings (SSSR count). The summed E-state index contributed by atoms with van der Waals surface area (Å²) in [5.74, 6) is 1.88. The van der Waals surface area contributed by atoms with Crippen LogP contribution in [0.5, 0.6) is 0 Å². The highest BCUT2D eigenvalue weighted by Crippen LogP contribution is 2.27. The quantitative estimate of drug-likeness (QED) is 0.346. The molecule has 196 valence electrons. The van der Waals surface area contributed by atoms with E-state index in [0.717, 1.165) is 62.4 Å². The Balaban J connectivity index is 1.02. The third-order valence-electron chi connectivity index (χ3n) is 6.28. The van der Waals surface area contributed by atoms with Gasteiger partial charge in [-0.05, 0) is 12.1 Å². The Labute approximate surface area is 224 Å². The van der Waals surface area contributed by atoms with Crippen molar-refractivity contribution < 1.29 is 4.74 Å². The van der Waals surface area contributed by atoms with Crippen LogP contribution in [0.4, 0.5) is 23.5 Å². The van der Waals surface area contributed by atoms with Gasteiger partial charge in [0.2, 0.25) is 17.8 Å². The van der Waals surface area contributed by atoms with Gasteiger partial charge >= 0.3 is 0 Å². The molecule has 2 aliphatic rings. The molecule has 0 aliphatic carbocycles. The second-order valence-electron chi connectivity index (χ2n) is 8.99. The van der Waals surface area contributed by atoms with Gasteiger partial charge in [0.05, 0.1) is 31.1 Å². The molecule has 0 radical (unpaired) electrons. The summed E-state index contributed by atoms with van der Waals surface area (Å²) in [7, 11) is 0. The van der Waals surface area contributed by atoms with Crippen molar-refractivity contribution in [3.63, 3.8) is 0 Å². The van der Waals surface area contributed by atoms with Gasteiger partial charge in [0.25, 0.3) is 0 Å². The second-order valence-corrected chi connectivity index (χ2v) is 10.1. The number of aromatic nitrogens is 7. The number of ether oxygens (including phenoxy) is 1. The first-order valence-electron chi connectivity index (χ1n) is 12.6. The van der Waals surface area contributed by atoms with Crippen molar-refractivity contribution in [1.29, 1.82) is 0 Å². The van der Waals surface area contributed by atoms with E-state index >= 15 is 0 Å². The third kappa shape index (κ3) is 6.18. The number of anilines is 4. The van der Waals surface area contributed by atoms with Gasteiger partial charge in [-0.15, -0.1) is 0 Å². The van der Waals surface area contributed by atoms with E-state index in [1.54, 1.807) is 18.0 Å². The fraction of sp³-hybridized carbons (Fsp3) is 0.360. The van der Waals surface area contributed by atoms with Gasteiger partial charge in [-0.1, -0.05) is 30.0 Å². The zero-order valence-electron chi connectivity index (χ0n) is 20.8. The molecule has 0 saturated carbocycles. The Morgan fingerprint density at radius 2 is 1.71 bits per heavy atom. The maximum Gasteiger partial charge on any atom is 0.232 e. The van der Waals surface area contributed by atoms with Crippen molar-refractivity contribution in [2.75, 3.05) is 61.0 Å². The Morgan fingerprint density at radius 3 is 2.47 bits per heavy atom. The van der Waals surface area contributed by atoms with Crippen LogP contribution in [0.2, 0.25) is 0 Å². The number of hydrogen-bond donors (Lipinski definition) is 2. The van der Waals surface area contributed by atoms with E-state index in [1.807, 2.05) is 41.5 Å².